The average Bonchev–Trinajstić information content (AvgIpc) is 3.08. The molecule has 2 saturated heterocycles. The maximum atomic E-state index is 11.6. The third-order valence-corrected chi connectivity index (χ3v) is 4.14. The topological polar surface area (TPSA) is 54.7 Å². The zero-order valence-electron chi connectivity index (χ0n) is 11.2. The van der Waals surface area contributed by atoms with Crippen LogP contribution in [0.25, 0.3) is 0 Å². The number of nitrogens with one attached hydrogen (secondary N) is 1. The first-order valence-electron chi connectivity index (χ1n) is 6.91. The molecule has 3 heterocycles. The maximum Gasteiger partial charge on any atom is 0.248 e. The van der Waals surface area contributed by atoms with Gasteiger partial charge in [0, 0.05) is 19.6 Å². The molecule has 0 spiro atoms. The number of likely N-dealkylation sites (tertiary alicyclic amines) is 1. The molecule has 3 rings (SSSR count). The number of hydrogen-bond acceptors (Lipinski definition) is 4. The van der Waals surface area contributed by atoms with Gasteiger partial charge in [-0.05, 0) is 31.4 Å². The molecule has 0 radical (unpaired) electrons. The summed E-state index contributed by atoms with van der Waals surface area (Å²) in [7, 11) is 1.66. The standard InChI is InChI=1S/C14H20N2O3/c1-15-14(17)13-5-4-11-12(19-13)6-7-16(11)9-10-3-2-8-18-10/h2-3,8,11-13H,4-7,9H2,1H3,(H,15,17)/t11-,12-,13+/m1/s1. The van der Waals surface area contributed by atoms with Crippen LogP contribution < -0.4 is 5.32 Å². The number of carbonyl (C=O) groups excluding carboxylic acids is 1. The van der Waals surface area contributed by atoms with Crippen molar-refractivity contribution in [3.8, 4) is 0 Å². The lowest BCUT2D eigenvalue weighted by Gasteiger charge is -2.35. The Morgan fingerprint density at radius 3 is 3.11 bits per heavy atom. The summed E-state index contributed by atoms with van der Waals surface area (Å²) >= 11 is 0. The van der Waals surface area contributed by atoms with Gasteiger partial charge < -0.3 is 14.5 Å². The smallest absolute Gasteiger partial charge is 0.248 e. The number of fused-ring (bicyclic) bond motifs is 1. The highest BCUT2D eigenvalue weighted by Crippen LogP contribution is 2.32. The van der Waals surface area contributed by atoms with Gasteiger partial charge in [0.1, 0.15) is 11.9 Å². The zero-order valence-corrected chi connectivity index (χ0v) is 11.2. The first-order chi connectivity index (χ1) is 9.28. The molecular formula is C14H20N2O3. The van der Waals surface area contributed by atoms with Crippen molar-refractivity contribution < 1.29 is 13.9 Å². The number of ether oxygens (including phenoxy) is 1. The SMILES string of the molecule is CNC(=O)[C@@H]1CC[C@@H]2[C@@H](CCN2Cc2ccco2)O1. The first kappa shape index (κ1) is 12.7. The fourth-order valence-electron chi connectivity index (χ4n) is 3.17. The lowest BCUT2D eigenvalue weighted by molar-refractivity contribution is -0.143. The van der Waals surface area contributed by atoms with Crippen molar-refractivity contribution in [1.29, 1.82) is 0 Å². The van der Waals surface area contributed by atoms with Crippen LogP contribution in [0, 0.1) is 0 Å². The van der Waals surface area contributed by atoms with Crippen LogP contribution in [0.1, 0.15) is 25.0 Å². The van der Waals surface area contributed by atoms with E-state index in [0.29, 0.717) is 6.04 Å². The number of carbonyl (C=O) groups is 1. The third kappa shape index (κ3) is 2.53. The lowest BCUT2D eigenvalue weighted by Crippen LogP contribution is -2.47. The Morgan fingerprint density at radius 2 is 2.37 bits per heavy atom. The van der Waals surface area contributed by atoms with E-state index in [1.807, 2.05) is 12.1 Å². The number of nitrogens with zero attached hydrogens (tertiary/aromatic N) is 1. The highest BCUT2D eigenvalue weighted by Gasteiger charge is 2.41. The summed E-state index contributed by atoms with van der Waals surface area (Å²) in [6.45, 7) is 1.85. The van der Waals surface area contributed by atoms with Crippen LogP contribution in [0.3, 0.4) is 0 Å². The van der Waals surface area contributed by atoms with E-state index in [-0.39, 0.29) is 18.1 Å². The molecule has 2 aliphatic rings. The monoisotopic (exact) mass is 264 g/mol. The van der Waals surface area contributed by atoms with Gasteiger partial charge in [-0.15, -0.1) is 0 Å². The Labute approximate surface area is 112 Å². The molecule has 104 valence electrons. The molecule has 2 aliphatic heterocycles. The van der Waals surface area contributed by atoms with Gasteiger partial charge in [0.25, 0.3) is 0 Å². The summed E-state index contributed by atoms with van der Waals surface area (Å²) in [4.78, 5) is 14.0. The van der Waals surface area contributed by atoms with Crippen LogP contribution in [-0.2, 0) is 16.1 Å². The van der Waals surface area contributed by atoms with Gasteiger partial charge in [-0.1, -0.05) is 0 Å². The molecule has 19 heavy (non-hydrogen) atoms. The normalized spacial score (nSPS) is 31.1. The Hall–Kier alpha value is -1.33. The van der Waals surface area contributed by atoms with Crippen LogP contribution in [0.5, 0.6) is 0 Å². The molecule has 3 atom stereocenters. The fraction of sp³-hybridized carbons (Fsp3) is 0.643. The van der Waals surface area contributed by atoms with E-state index in [0.717, 1.165) is 38.1 Å². The van der Waals surface area contributed by atoms with Gasteiger partial charge in [0.15, 0.2) is 0 Å². The molecular weight excluding hydrogens is 244 g/mol. The Morgan fingerprint density at radius 1 is 1.47 bits per heavy atom. The third-order valence-electron chi connectivity index (χ3n) is 4.14. The van der Waals surface area contributed by atoms with Crippen molar-refractivity contribution in [3.63, 3.8) is 0 Å². The summed E-state index contributed by atoms with van der Waals surface area (Å²) in [6, 6.07) is 4.35. The number of hydrogen-bond donors (Lipinski definition) is 1. The predicted molar refractivity (Wildman–Crippen MR) is 69.5 cm³/mol. The number of likely N-dealkylation sites (N-methyl/N-ethyl adjacent to an activating group) is 1. The molecule has 1 aromatic rings. The molecule has 5 heteroatoms. The zero-order chi connectivity index (χ0) is 13.2. The lowest BCUT2D eigenvalue weighted by atomic mass is 9.98. The van der Waals surface area contributed by atoms with E-state index in [2.05, 4.69) is 10.2 Å². The van der Waals surface area contributed by atoms with E-state index >= 15 is 0 Å². The van der Waals surface area contributed by atoms with Gasteiger partial charge >= 0.3 is 0 Å². The largest absolute Gasteiger partial charge is 0.468 e. The van der Waals surface area contributed by atoms with Crippen LogP contribution in [-0.4, -0.2) is 42.6 Å². The van der Waals surface area contributed by atoms with Crippen molar-refractivity contribution in [1.82, 2.24) is 10.2 Å². The molecule has 1 amide bonds. The van der Waals surface area contributed by atoms with Gasteiger partial charge in [-0.3, -0.25) is 9.69 Å². The Balaban J connectivity index is 1.60. The molecule has 0 saturated carbocycles. The van der Waals surface area contributed by atoms with Crippen molar-refractivity contribution in [2.75, 3.05) is 13.6 Å². The summed E-state index contributed by atoms with van der Waals surface area (Å²) in [5.41, 5.74) is 0. The van der Waals surface area contributed by atoms with Crippen LogP contribution in [0.4, 0.5) is 0 Å². The Bertz CT molecular complexity index is 432. The highest BCUT2D eigenvalue weighted by molar-refractivity contribution is 5.80. The average molecular weight is 264 g/mol. The van der Waals surface area contributed by atoms with E-state index in [1.165, 1.54) is 0 Å². The van der Waals surface area contributed by atoms with E-state index in [9.17, 15) is 4.79 Å². The van der Waals surface area contributed by atoms with Crippen LogP contribution in [0.15, 0.2) is 22.8 Å². The van der Waals surface area contributed by atoms with Gasteiger partial charge in [0.05, 0.1) is 18.9 Å². The number of furan rings is 1. The van der Waals surface area contributed by atoms with Crippen molar-refractivity contribution in [3.05, 3.63) is 24.2 Å². The van der Waals surface area contributed by atoms with E-state index in [4.69, 9.17) is 9.15 Å². The highest BCUT2D eigenvalue weighted by atomic mass is 16.5. The van der Waals surface area contributed by atoms with Crippen LogP contribution in [0.2, 0.25) is 0 Å². The van der Waals surface area contributed by atoms with Crippen LogP contribution >= 0.6 is 0 Å². The molecule has 2 fully saturated rings. The first-order valence-corrected chi connectivity index (χ1v) is 6.91. The quantitative estimate of drug-likeness (QED) is 0.889. The van der Waals surface area contributed by atoms with Crippen molar-refractivity contribution >= 4 is 5.91 Å². The minimum atomic E-state index is -0.269. The summed E-state index contributed by atoms with van der Waals surface area (Å²) in [5, 5.41) is 2.67. The summed E-state index contributed by atoms with van der Waals surface area (Å²) in [5.74, 6) is 0.997. The molecule has 0 unspecified atom stereocenters. The minimum absolute atomic E-state index is 0.00272. The summed E-state index contributed by atoms with van der Waals surface area (Å²) < 4.78 is 11.3. The fourth-order valence-corrected chi connectivity index (χ4v) is 3.17. The van der Waals surface area contributed by atoms with E-state index < -0.39 is 0 Å². The van der Waals surface area contributed by atoms with Crippen molar-refractivity contribution in [2.45, 2.75) is 44.1 Å². The molecule has 0 aliphatic carbocycles. The second kappa shape index (κ2) is 5.35. The molecule has 5 nitrogen and oxygen atoms in total. The molecule has 1 aromatic heterocycles. The number of rotatable bonds is 3. The second-order valence-electron chi connectivity index (χ2n) is 5.26. The van der Waals surface area contributed by atoms with Crippen molar-refractivity contribution in [2.24, 2.45) is 0 Å². The molecule has 0 aromatic carbocycles. The minimum Gasteiger partial charge on any atom is -0.468 e. The Kier molecular flexibility index (Phi) is 3.57. The predicted octanol–water partition coefficient (Wildman–Crippen LogP) is 1.15. The molecule has 0 bridgehead atoms. The number of amides is 1. The van der Waals surface area contributed by atoms with Gasteiger partial charge in [-0.2, -0.15) is 0 Å². The van der Waals surface area contributed by atoms with E-state index in [1.54, 1.807) is 13.3 Å². The van der Waals surface area contributed by atoms with Gasteiger partial charge in [-0.25, -0.2) is 0 Å². The van der Waals surface area contributed by atoms with Gasteiger partial charge in [0.2, 0.25) is 5.91 Å². The maximum absolute atomic E-state index is 11.6. The molecule has 1 N–H and O–H groups in total. The summed E-state index contributed by atoms with van der Waals surface area (Å²) in [6.07, 6.45) is 4.44. The second-order valence-corrected chi connectivity index (χ2v) is 5.26.